The average molecular weight is 397 g/mol. The van der Waals surface area contributed by atoms with Crippen LogP contribution in [0.4, 0.5) is 0 Å². The molecule has 0 saturated carbocycles. The zero-order chi connectivity index (χ0) is 20.5. The third-order valence-corrected chi connectivity index (χ3v) is 6.23. The first-order valence-electron chi connectivity index (χ1n) is 10.7. The highest BCUT2D eigenvalue weighted by molar-refractivity contribution is 5.76. The van der Waals surface area contributed by atoms with Crippen molar-refractivity contribution in [3.63, 3.8) is 0 Å². The molecule has 1 amide bonds. The third-order valence-electron chi connectivity index (χ3n) is 6.23. The van der Waals surface area contributed by atoms with Crippen molar-refractivity contribution in [2.45, 2.75) is 65.0 Å². The minimum absolute atomic E-state index is 0.0551. The second-order valence-electron chi connectivity index (χ2n) is 8.79. The van der Waals surface area contributed by atoms with Gasteiger partial charge in [0.1, 0.15) is 5.82 Å². The van der Waals surface area contributed by atoms with Crippen LogP contribution in [0.5, 0.6) is 0 Å². The monoisotopic (exact) mass is 396 g/mol. The number of aromatic nitrogens is 4. The predicted molar refractivity (Wildman–Crippen MR) is 112 cm³/mol. The summed E-state index contributed by atoms with van der Waals surface area (Å²) in [5.74, 6) is 1.59. The van der Waals surface area contributed by atoms with E-state index in [9.17, 15) is 4.79 Å². The van der Waals surface area contributed by atoms with Crippen LogP contribution in [0.15, 0.2) is 12.3 Å². The van der Waals surface area contributed by atoms with Gasteiger partial charge in [-0.15, -0.1) is 0 Å². The Balaban J connectivity index is 1.40. The summed E-state index contributed by atoms with van der Waals surface area (Å²) >= 11 is 0. The molecule has 2 aromatic heterocycles. The first-order valence-corrected chi connectivity index (χ1v) is 10.7. The number of rotatable bonds is 4. The maximum Gasteiger partial charge on any atom is 0.225 e. The Bertz CT molecular complexity index is 891. The van der Waals surface area contributed by atoms with E-state index in [1.165, 1.54) is 6.42 Å². The summed E-state index contributed by atoms with van der Waals surface area (Å²) in [6.07, 6.45) is 5.60. The van der Waals surface area contributed by atoms with Crippen molar-refractivity contribution in [2.75, 3.05) is 26.7 Å². The van der Waals surface area contributed by atoms with Gasteiger partial charge in [0.25, 0.3) is 0 Å². The van der Waals surface area contributed by atoms with Crippen LogP contribution in [-0.4, -0.2) is 62.1 Å². The van der Waals surface area contributed by atoms with Crippen molar-refractivity contribution in [2.24, 2.45) is 0 Å². The topological polar surface area (TPSA) is 67.2 Å². The lowest BCUT2D eigenvalue weighted by Crippen LogP contribution is -2.38. The number of nitrogens with zero attached hydrogens (tertiary/aromatic N) is 6. The molecule has 4 heterocycles. The van der Waals surface area contributed by atoms with Gasteiger partial charge in [0.2, 0.25) is 5.91 Å². The summed E-state index contributed by atoms with van der Waals surface area (Å²) in [6.45, 7) is 9.63. The second-order valence-corrected chi connectivity index (χ2v) is 8.79. The number of piperidine rings is 1. The molecule has 2 aromatic rings. The van der Waals surface area contributed by atoms with Gasteiger partial charge in [0.15, 0.2) is 0 Å². The van der Waals surface area contributed by atoms with Gasteiger partial charge in [0, 0.05) is 55.8 Å². The van der Waals surface area contributed by atoms with Gasteiger partial charge < -0.3 is 9.80 Å². The molecule has 2 atom stereocenters. The molecule has 0 aromatic carbocycles. The Morgan fingerprint density at radius 3 is 2.86 bits per heavy atom. The number of hydrogen-bond donors (Lipinski definition) is 0. The maximum absolute atomic E-state index is 12.9. The summed E-state index contributed by atoms with van der Waals surface area (Å²) in [4.78, 5) is 26.8. The smallest absolute Gasteiger partial charge is 0.225 e. The van der Waals surface area contributed by atoms with E-state index in [2.05, 4.69) is 35.0 Å². The van der Waals surface area contributed by atoms with Crippen LogP contribution in [0, 0.1) is 13.8 Å². The standard InChI is InChI=1S/C22H32N6O/c1-15-10-16(2)28(25-15)17(3)11-21(29)27-9-7-20-19(14-27)12-23-22(24-20)18-6-5-8-26(4)13-18/h10,12,17-18H,5-9,11,13-14H2,1-4H3. The van der Waals surface area contributed by atoms with Gasteiger partial charge in [-0.1, -0.05) is 0 Å². The lowest BCUT2D eigenvalue weighted by atomic mass is 9.97. The van der Waals surface area contributed by atoms with E-state index >= 15 is 0 Å². The Kier molecular flexibility index (Phi) is 5.67. The summed E-state index contributed by atoms with van der Waals surface area (Å²) in [7, 11) is 2.17. The minimum Gasteiger partial charge on any atom is -0.338 e. The number of amides is 1. The molecule has 1 fully saturated rings. The lowest BCUT2D eigenvalue weighted by molar-refractivity contribution is -0.133. The summed E-state index contributed by atoms with van der Waals surface area (Å²) < 4.78 is 1.96. The molecule has 0 bridgehead atoms. The Labute approximate surface area is 173 Å². The van der Waals surface area contributed by atoms with Gasteiger partial charge in [0.05, 0.1) is 17.4 Å². The quantitative estimate of drug-likeness (QED) is 0.795. The normalized spacial score (nSPS) is 21.1. The number of likely N-dealkylation sites (tertiary alicyclic amines) is 1. The van der Waals surface area contributed by atoms with Crippen molar-refractivity contribution < 1.29 is 4.79 Å². The second kappa shape index (κ2) is 8.22. The first-order chi connectivity index (χ1) is 13.9. The van der Waals surface area contributed by atoms with Gasteiger partial charge in [-0.05, 0) is 53.3 Å². The number of fused-ring (bicyclic) bond motifs is 1. The molecule has 1 saturated heterocycles. The molecule has 0 N–H and O–H groups in total. The number of carbonyl (C=O) groups is 1. The molecule has 4 rings (SSSR count). The Morgan fingerprint density at radius 1 is 1.31 bits per heavy atom. The molecule has 156 valence electrons. The van der Waals surface area contributed by atoms with Crippen LogP contribution in [0.25, 0.3) is 0 Å². The van der Waals surface area contributed by atoms with Gasteiger partial charge >= 0.3 is 0 Å². The van der Waals surface area contributed by atoms with E-state index in [1.54, 1.807) is 0 Å². The van der Waals surface area contributed by atoms with E-state index in [-0.39, 0.29) is 11.9 Å². The number of carbonyl (C=O) groups excluding carboxylic acids is 1. The van der Waals surface area contributed by atoms with Crippen molar-refractivity contribution >= 4 is 5.91 Å². The van der Waals surface area contributed by atoms with E-state index in [1.807, 2.05) is 29.6 Å². The molecule has 2 aliphatic heterocycles. The van der Waals surface area contributed by atoms with Crippen molar-refractivity contribution in [1.82, 2.24) is 29.5 Å². The van der Waals surface area contributed by atoms with E-state index < -0.39 is 0 Å². The average Bonchev–Trinajstić information content (AvgIpc) is 3.05. The maximum atomic E-state index is 12.9. The van der Waals surface area contributed by atoms with Crippen LogP contribution in [0.1, 0.15) is 66.6 Å². The first kappa shape index (κ1) is 20.0. The molecule has 29 heavy (non-hydrogen) atoms. The predicted octanol–water partition coefficient (Wildman–Crippen LogP) is 2.64. The molecule has 7 nitrogen and oxygen atoms in total. The van der Waals surface area contributed by atoms with Crippen LogP contribution >= 0.6 is 0 Å². The molecular weight excluding hydrogens is 364 g/mol. The minimum atomic E-state index is 0.0551. The van der Waals surface area contributed by atoms with Crippen LogP contribution in [0.3, 0.4) is 0 Å². The number of likely N-dealkylation sites (N-methyl/N-ethyl adjacent to an activating group) is 1. The highest BCUT2D eigenvalue weighted by Crippen LogP contribution is 2.26. The lowest BCUT2D eigenvalue weighted by Gasteiger charge is -2.31. The SMILES string of the molecule is Cc1cc(C)n(C(C)CC(=O)N2CCc3nc(C4CCCN(C)C4)ncc3C2)n1. The van der Waals surface area contributed by atoms with Gasteiger partial charge in [-0.3, -0.25) is 9.48 Å². The summed E-state index contributed by atoms with van der Waals surface area (Å²) in [5, 5.41) is 4.53. The molecule has 7 heteroatoms. The molecular formula is C22H32N6O. The molecule has 0 spiro atoms. The molecule has 0 aliphatic carbocycles. The zero-order valence-electron chi connectivity index (χ0n) is 18.1. The zero-order valence-corrected chi connectivity index (χ0v) is 18.1. The Hall–Kier alpha value is -2.28. The van der Waals surface area contributed by atoms with Gasteiger partial charge in [-0.25, -0.2) is 9.97 Å². The highest BCUT2D eigenvalue weighted by atomic mass is 16.2. The largest absolute Gasteiger partial charge is 0.338 e. The van der Waals surface area contributed by atoms with Crippen LogP contribution in [-0.2, 0) is 17.8 Å². The number of hydrogen-bond acceptors (Lipinski definition) is 5. The third kappa shape index (κ3) is 4.34. The molecule has 2 aliphatic rings. The van der Waals surface area contributed by atoms with Crippen LogP contribution in [0.2, 0.25) is 0 Å². The molecule has 0 radical (unpaired) electrons. The van der Waals surface area contributed by atoms with Gasteiger partial charge in [-0.2, -0.15) is 5.10 Å². The van der Waals surface area contributed by atoms with Crippen molar-refractivity contribution in [3.05, 3.63) is 40.7 Å². The van der Waals surface area contributed by atoms with E-state index in [0.29, 0.717) is 18.9 Å². The summed E-state index contributed by atoms with van der Waals surface area (Å²) in [5.41, 5.74) is 4.31. The van der Waals surface area contributed by atoms with E-state index in [0.717, 1.165) is 60.9 Å². The van der Waals surface area contributed by atoms with E-state index in [4.69, 9.17) is 4.98 Å². The highest BCUT2D eigenvalue weighted by Gasteiger charge is 2.27. The number of aryl methyl sites for hydroxylation is 2. The fourth-order valence-corrected chi connectivity index (χ4v) is 4.68. The molecule has 2 unspecified atom stereocenters. The summed E-state index contributed by atoms with van der Waals surface area (Å²) in [6, 6.07) is 2.11. The van der Waals surface area contributed by atoms with Crippen molar-refractivity contribution in [3.8, 4) is 0 Å². The van der Waals surface area contributed by atoms with Crippen molar-refractivity contribution in [1.29, 1.82) is 0 Å². The Morgan fingerprint density at radius 2 is 2.14 bits per heavy atom. The van der Waals surface area contributed by atoms with Crippen LogP contribution < -0.4 is 0 Å². The fourth-order valence-electron chi connectivity index (χ4n) is 4.68. The fraction of sp³-hybridized carbons (Fsp3) is 0.636.